The van der Waals surface area contributed by atoms with E-state index in [0.717, 1.165) is 49.0 Å². The number of hydrogen-bond acceptors (Lipinski definition) is 2. The van der Waals surface area contributed by atoms with Crippen molar-refractivity contribution in [2.24, 2.45) is 0 Å². The molecule has 0 fully saturated rings. The molecule has 82 valence electrons. The summed E-state index contributed by atoms with van der Waals surface area (Å²) in [5.74, 6) is -0.265. The molecule has 1 aromatic rings. The van der Waals surface area contributed by atoms with Crippen molar-refractivity contribution in [2.75, 3.05) is 7.11 Å². The fourth-order valence-electron chi connectivity index (χ4n) is 0.994. The van der Waals surface area contributed by atoms with Crippen molar-refractivity contribution in [3.63, 3.8) is 0 Å². The quantitative estimate of drug-likeness (QED) is 0.597. The van der Waals surface area contributed by atoms with Gasteiger partial charge in [-0.2, -0.15) is 0 Å². The van der Waals surface area contributed by atoms with E-state index in [1.807, 2.05) is 24.3 Å². The maximum Gasteiger partial charge on any atom is 0.762 e. The summed E-state index contributed by atoms with van der Waals surface area (Å²) < 4.78 is 34.8. The van der Waals surface area contributed by atoms with E-state index in [9.17, 15) is 17.7 Å². The van der Waals surface area contributed by atoms with Crippen molar-refractivity contribution < 1.29 is 22.5 Å². The Morgan fingerprint density at radius 3 is 2.06 bits per heavy atom. The van der Waals surface area contributed by atoms with Crippen LogP contribution in [0.5, 0.6) is 0 Å². The van der Waals surface area contributed by atoms with E-state index >= 15 is 0 Å². The summed E-state index contributed by atoms with van der Waals surface area (Å²) in [5.41, 5.74) is 1.94. The van der Waals surface area contributed by atoms with Gasteiger partial charge in [-0.3, -0.25) is 12.9 Å². The zero-order valence-corrected chi connectivity index (χ0v) is 12.2. The number of carbonyl (C=O) groups excluding carboxylic acids is 1. The predicted octanol–water partition coefficient (Wildman–Crippen LogP) is 2.02. The standard InChI is InChI=1S/C9H9O2.BF3.K/c1-7-3-5-8(6-4-7)9(10)11-2;2-1(3)4;/h3-6H,1H2,2H3;;. The van der Waals surface area contributed by atoms with Crippen LogP contribution < -0.4 is 0 Å². The van der Waals surface area contributed by atoms with Crippen LogP contribution in [0.25, 0.3) is 0 Å². The molecule has 0 heterocycles. The first-order valence-electron chi connectivity index (χ1n) is 4.60. The van der Waals surface area contributed by atoms with Gasteiger partial charge in [0.1, 0.15) is 0 Å². The van der Waals surface area contributed by atoms with Crippen molar-refractivity contribution >= 4 is 62.5 Å². The number of halogens is 3. The Morgan fingerprint density at radius 2 is 1.75 bits per heavy atom. The minimum Gasteiger partial charge on any atom is -0.254 e. The zero-order valence-electron chi connectivity index (χ0n) is 9.04. The molecule has 2 nitrogen and oxygen atoms in total. The minimum atomic E-state index is -3.67. The van der Waals surface area contributed by atoms with Gasteiger partial charge in [0.2, 0.25) is 0 Å². The van der Waals surface area contributed by atoms with E-state index in [1.165, 1.54) is 13.2 Å². The summed E-state index contributed by atoms with van der Waals surface area (Å²) in [6.07, 6.45) is 0. The molecule has 0 atom stereocenters. The average Bonchev–Trinajstić information content (AvgIpc) is 2.27. The van der Waals surface area contributed by atoms with Gasteiger partial charge < -0.3 is 0 Å². The van der Waals surface area contributed by atoms with Gasteiger partial charge in [0.15, 0.2) is 0 Å². The van der Waals surface area contributed by atoms with Crippen LogP contribution >= 0.6 is 0 Å². The van der Waals surface area contributed by atoms with Crippen LogP contribution in [0.2, 0.25) is 0 Å². The number of esters is 1. The van der Waals surface area contributed by atoms with Gasteiger partial charge in [0.05, 0.1) is 0 Å². The van der Waals surface area contributed by atoms with Crippen molar-refractivity contribution in [2.45, 2.75) is 0.515 Å². The van der Waals surface area contributed by atoms with E-state index < -0.39 is 7.54 Å². The molecule has 1 rings (SSSR count). The van der Waals surface area contributed by atoms with Gasteiger partial charge in [-0.1, -0.05) is 0 Å². The number of methoxy groups -OCH3 is 1. The Bertz CT molecular complexity index is 316. The van der Waals surface area contributed by atoms with Crippen LogP contribution in [0.4, 0.5) is 12.9 Å². The van der Waals surface area contributed by atoms with Gasteiger partial charge in [-0.25, -0.2) is 0 Å². The molecule has 0 amide bonds. The van der Waals surface area contributed by atoms with Crippen LogP contribution in [0.3, 0.4) is 0 Å². The Hall–Kier alpha value is 0.181. The molecule has 1 aromatic carbocycles. The topological polar surface area (TPSA) is 26.3 Å². The van der Waals surface area contributed by atoms with E-state index in [2.05, 4.69) is 4.74 Å². The number of hydrogen-bond donors (Lipinski definition) is 0. The van der Waals surface area contributed by atoms with Crippen LogP contribution in [0, 0.1) is 0 Å². The maximum atomic E-state index is 11.0. The number of benzene rings is 1. The van der Waals surface area contributed by atoms with Crippen molar-refractivity contribution in [1.29, 1.82) is 0 Å². The Labute approximate surface area is 126 Å². The summed E-state index contributed by atoms with van der Waals surface area (Å²) in [5, 5.41) is 0. The fraction of sp³-hybridized carbons (Fsp3) is 0.222. The molecule has 0 bridgehead atoms. The molecule has 0 unspecified atom stereocenters. The van der Waals surface area contributed by atoms with Crippen molar-refractivity contribution in [3.05, 3.63) is 35.4 Å². The van der Waals surface area contributed by atoms with Gasteiger partial charge >= 0.3 is 115 Å². The Balaban J connectivity index is 0.000000487. The summed E-state index contributed by atoms with van der Waals surface area (Å²) >= 11 is 0.833. The van der Waals surface area contributed by atoms with E-state index in [1.54, 1.807) is 0 Å². The number of rotatable bonds is 2. The molecule has 0 aromatic heterocycles. The second-order valence-corrected chi connectivity index (χ2v) is 3.89. The zero-order chi connectivity index (χ0) is 12.6. The Morgan fingerprint density at radius 1 is 1.31 bits per heavy atom. The van der Waals surface area contributed by atoms with Crippen LogP contribution in [-0.4, -0.2) is 69.6 Å². The van der Waals surface area contributed by atoms with Crippen molar-refractivity contribution in [1.82, 2.24) is 0 Å². The third-order valence-electron chi connectivity index (χ3n) is 1.78. The molecule has 0 saturated heterocycles. The second kappa shape index (κ2) is 9.24. The first kappa shape index (κ1) is 16.2. The SMILES string of the molecule is COC(=O)c1ccc([CH2][K])cc1.FB(F)F. The summed E-state index contributed by atoms with van der Waals surface area (Å²) in [4.78, 5) is 11.0. The normalized spacial score (nSPS) is 8.88. The molecule has 0 saturated carbocycles. The second-order valence-electron chi connectivity index (χ2n) is 2.79. The average molecular weight is 256 g/mol. The van der Waals surface area contributed by atoms with Gasteiger partial charge in [-0.15, -0.1) is 0 Å². The molecule has 0 N–H and O–H groups in total. The van der Waals surface area contributed by atoms with Gasteiger partial charge in [0.25, 0.3) is 0 Å². The summed E-state index contributed by atoms with van der Waals surface area (Å²) in [7, 11) is -2.27. The van der Waals surface area contributed by atoms with Crippen LogP contribution in [0.1, 0.15) is 15.9 Å². The summed E-state index contributed by atoms with van der Waals surface area (Å²) in [6, 6.07) is 7.59. The smallest absolute Gasteiger partial charge is 0.254 e. The molecular formula is C9H9BF3KO2. The molecule has 0 radical (unpaired) electrons. The number of carbonyl (C=O) groups is 1. The van der Waals surface area contributed by atoms with Gasteiger partial charge in [-0.05, 0) is 0 Å². The molecule has 0 spiro atoms. The fourth-order valence-corrected chi connectivity index (χ4v) is 1.73. The van der Waals surface area contributed by atoms with Crippen LogP contribution in [-0.2, 0) is 5.25 Å². The maximum absolute atomic E-state index is 11.0. The van der Waals surface area contributed by atoms with E-state index in [0.29, 0.717) is 5.56 Å². The molecule has 0 aliphatic carbocycles. The molecular weight excluding hydrogens is 247 g/mol. The molecule has 0 aliphatic rings. The molecule has 0 aliphatic heterocycles. The monoisotopic (exact) mass is 256 g/mol. The first-order valence-corrected chi connectivity index (χ1v) is 6.81. The minimum absolute atomic E-state index is 0.265. The third kappa shape index (κ3) is 7.45. The third-order valence-corrected chi connectivity index (χ3v) is 3.06. The first-order chi connectivity index (χ1) is 7.51. The van der Waals surface area contributed by atoms with Crippen LogP contribution in [0.15, 0.2) is 24.3 Å². The predicted molar refractivity (Wildman–Crippen MR) is 56.3 cm³/mol. The largest absolute Gasteiger partial charge is 0.762 e. The van der Waals surface area contributed by atoms with Crippen molar-refractivity contribution in [3.8, 4) is 0 Å². The summed E-state index contributed by atoms with van der Waals surface area (Å²) in [6.45, 7) is 0. The number of ether oxygens (including phenoxy) is 1. The van der Waals surface area contributed by atoms with Gasteiger partial charge in [0, 0.05) is 0 Å². The Kier molecular flexibility index (Phi) is 9.34. The molecule has 16 heavy (non-hydrogen) atoms. The molecule has 7 heteroatoms. The van der Waals surface area contributed by atoms with E-state index in [4.69, 9.17) is 0 Å². The van der Waals surface area contributed by atoms with E-state index in [-0.39, 0.29) is 5.97 Å².